The van der Waals surface area contributed by atoms with Crippen molar-refractivity contribution in [1.29, 1.82) is 0 Å². The van der Waals surface area contributed by atoms with Crippen LogP contribution in [-0.2, 0) is 16.8 Å². The fraction of sp³-hybridized carbons (Fsp3) is 0.214. The minimum Gasteiger partial charge on any atom is -0.364 e. The van der Waals surface area contributed by atoms with Gasteiger partial charge >= 0.3 is 0 Å². The molecule has 1 unspecified atom stereocenters. The first kappa shape index (κ1) is 12.9. The van der Waals surface area contributed by atoms with Crippen LogP contribution in [0.5, 0.6) is 0 Å². The van der Waals surface area contributed by atoms with E-state index in [9.17, 15) is 4.39 Å². The molecular formula is C14H10Cl2FNO. The minimum atomic E-state index is -0.638. The molecule has 2 aromatic rings. The summed E-state index contributed by atoms with van der Waals surface area (Å²) in [6.07, 6.45) is 2.12. The standard InChI is InChI=1S/C14H10Cl2FNO/c15-10-3-4-11(12(17)6-10)14(8-19-14)7-9-2-1-5-18-13(9)16/h1-6H,7-8H2. The number of pyridine rings is 1. The van der Waals surface area contributed by atoms with Crippen molar-refractivity contribution in [3.8, 4) is 0 Å². The van der Waals surface area contributed by atoms with Gasteiger partial charge in [0, 0.05) is 23.2 Å². The van der Waals surface area contributed by atoms with Crippen LogP contribution in [0.2, 0.25) is 10.2 Å². The fourth-order valence-corrected chi connectivity index (χ4v) is 2.50. The third kappa shape index (κ3) is 2.46. The fourth-order valence-electron chi connectivity index (χ4n) is 2.16. The smallest absolute Gasteiger partial charge is 0.132 e. The summed E-state index contributed by atoms with van der Waals surface area (Å²) in [5, 5.41) is 0.795. The van der Waals surface area contributed by atoms with Crippen LogP contribution in [0.25, 0.3) is 0 Å². The highest BCUT2D eigenvalue weighted by molar-refractivity contribution is 6.30. The monoisotopic (exact) mass is 297 g/mol. The van der Waals surface area contributed by atoms with E-state index >= 15 is 0 Å². The quantitative estimate of drug-likeness (QED) is 0.632. The van der Waals surface area contributed by atoms with Crippen molar-refractivity contribution >= 4 is 23.2 Å². The maximum absolute atomic E-state index is 14.0. The summed E-state index contributed by atoms with van der Waals surface area (Å²) in [4.78, 5) is 4.02. The van der Waals surface area contributed by atoms with Crippen molar-refractivity contribution in [2.24, 2.45) is 0 Å². The van der Waals surface area contributed by atoms with Gasteiger partial charge in [-0.05, 0) is 23.8 Å². The topological polar surface area (TPSA) is 25.4 Å². The second kappa shape index (κ2) is 4.75. The van der Waals surface area contributed by atoms with Crippen LogP contribution in [0.3, 0.4) is 0 Å². The molecule has 1 saturated heterocycles. The van der Waals surface area contributed by atoms with Gasteiger partial charge in [-0.15, -0.1) is 0 Å². The highest BCUT2D eigenvalue weighted by atomic mass is 35.5. The molecule has 5 heteroatoms. The average Bonchev–Trinajstić information content (AvgIpc) is 3.13. The van der Waals surface area contributed by atoms with Crippen LogP contribution < -0.4 is 0 Å². The number of rotatable bonds is 3. The van der Waals surface area contributed by atoms with Crippen LogP contribution in [0.1, 0.15) is 11.1 Å². The van der Waals surface area contributed by atoms with E-state index in [0.717, 1.165) is 5.56 Å². The van der Waals surface area contributed by atoms with Gasteiger partial charge in [0.15, 0.2) is 0 Å². The van der Waals surface area contributed by atoms with Gasteiger partial charge in [-0.2, -0.15) is 0 Å². The number of halogens is 3. The first-order valence-corrected chi connectivity index (χ1v) is 6.55. The normalized spacial score (nSPS) is 21.4. The number of nitrogens with zero attached hydrogens (tertiary/aromatic N) is 1. The summed E-state index contributed by atoms with van der Waals surface area (Å²) in [6.45, 7) is 0.469. The van der Waals surface area contributed by atoms with Gasteiger partial charge in [0.1, 0.15) is 16.6 Å². The molecule has 0 aliphatic carbocycles. The lowest BCUT2D eigenvalue weighted by molar-refractivity contribution is 0.299. The molecule has 1 aromatic heterocycles. The van der Waals surface area contributed by atoms with Crippen LogP contribution in [0, 0.1) is 5.82 Å². The van der Waals surface area contributed by atoms with Crippen molar-refractivity contribution in [3.63, 3.8) is 0 Å². The van der Waals surface area contributed by atoms with Gasteiger partial charge in [-0.25, -0.2) is 9.37 Å². The van der Waals surface area contributed by atoms with E-state index in [0.29, 0.717) is 28.8 Å². The molecule has 98 valence electrons. The van der Waals surface area contributed by atoms with E-state index in [2.05, 4.69) is 4.98 Å². The van der Waals surface area contributed by atoms with Crippen LogP contribution in [0.15, 0.2) is 36.5 Å². The Bertz CT molecular complexity index is 629. The average molecular weight is 298 g/mol. The molecule has 0 saturated carbocycles. The van der Waals surface area contributed by atoms with E-state index in [1.54, 1.807) is 24.4 Å². The molecule has 0 bridgehead atoms. The Hall–Kier alpha value is -1.16. The van der Waals surface area contributed by atoms with Gasteiger partial charge in [0.2, 0.25) is 0 Å². The highest BCUT2D eigenvalue weighted by Crippen LogP contribution is 2.44. The first-order chi connectivity index (χ1) is 9.11. The Morgan fingerprint density at radius 2 is 2.11 bits per heavy atom. The zero-order chi connectivity index (χ0) is 13.5. The van der Waals surface area contributed by atoms with Crippen molar-refractivity contribution in [2.45, 2.75) is 12.0 Å². The predicted octanol–water partition coefficient (Wildman–Crippen LogP) is 4.00. The van der Waals surface area contributed by atoms with Gasteiger partial charge in [0.05, 0.1) is 6.61 Å². The van der Waals surface area contributed by atoms with E-state index < -0.39 is 5.60 Å². The molecule has 3 rings (SSSR count). The van der Waals surface area contributed by atoms with Gasteiger partial charge in [-0.1, -0.05) is 35.3 Å². The third-order valence-corrected chi connectivity index (χ3v) is 3.80. The van der Waals surface area contributed by atoms with Gasteiger partial charge in [0.25, 0.3) is 0 Å². The summed E-state index contributed by atoms with van der Waals surface area (Å²) < 4.78 is 19.5. The largest absolute Gasteiger partial charge is 0.364 e. The van der Waals surface area contributed by atoms with Gasteiger partial charge < -0.3 is 4.74 Å². The Balaban J connectivity index is 1.94. The van der Waals surface area contributed by atoms with Crippen molar-refractivity contribution in [1.82, 2.24) is 4.98 Å². The van der Waals surface area contributed by atoms with Crippen LogP contribution in [-0.4, -0.2) is 11.6 Å². The molecule has 0 amide bonds. The number of hydrogen-bond acceptors (Lipinski definition) is 2. The van der Waals surface area contributed by atoms with Crippen molar-refractivity contribution in [3.05, 3.63) is 63.6 Å². The molecule has 19 heavy (non-hydrogen) atoms. The Morgan fingerprint density at radius 3 is 2.74 bits per heavy atom. The van der Waals surface area contributed by atoms with Crippen LogP contribution in [0.4, 0.5) is 4.39 Å². The first-order valence-electron chi connectivity index (χ1n) is 5.80. The third-order valence-electron chi connectivity index (χ3n) is 3.23. The lowest BCUT2D eigenvalue weighted by atomic mass is 9.93. The molecule has 1 aliphatic rings. The summed E-state index contributed by atoms with van der Waals surface area (Å²) in [5.41, 5.74) is 0.717. The molecule has 0 spiro atoms. The molecule has 2 heterocycles. The minimum absolute atomic E-state index is 0.356. The predicted molar refractivity (Wildman–Crippen MR) is 72.0 cm³/mol. The molecule has 1 atom stereocenters. The molecule has 1 fully saturated rings. The number of epoxide rings is 1. The zero-order valence-corrected chi connectivity index (χ0v) is 11.4. The Kier molecular flexibility index (Phi) is 3.21. The number of hydrogen-bond donors (Lipinski definition) is 0. The molecule has 0 radical (unpaired) electrons. The van der Waals surface area contributed by atoms with Crippen molar-refractivity contribution < 1.29 is 9.13 Å². The number of aromatic nitrogens is 1. The SMILES string of the molecule is Fc1cc(Cl)ccc1C1(Cc2cccnc2Cl)CO1. The molecule has 0 N–H and O–H groups in total. The summed E-state index contributed by atoms with van der Waals surface area (Å²) >= 11 is 11.8. The second-order valence-corrected chi connectivity index (χ2v) is 5.33. The Labute approximate surface area is 120 Å². The molecule has 1 aromatic carbocycles. The lowest BCUT2D eigenvalue weighted by Crippen LogP contribution is -2.15. The lowest BCUT2D eigenvalue weighted by Gasteiger charge is -2.14. The van der Waals surface area contributed by atoms with E-state index in [1.807, 2.05) is 6.07 Å². The van der Waals surface area contributed by atoms with Gasteiger partial charge in [-0.3, -0.25) is 0 Å². The summed E-state index contributed by atoms with van der Waals surface area (Å²) in [6, 6.07) is 8.29. The molecular weight excluding hydrogens is 288 g/mol. The second-order valence-electron chi connectivity index (χ2n) is 4.54. The van der Waals surface area contributed by atoms with E-state index in [1.165, 1.54) is 6.07 Å². The summed E-state index contributed by atoms with van der Waals surface area (Å²) in [7, 11) is 0. The highest BCUT2D eigenvalue weighted by Gasteiger charge is 2.48. The van der Waals surface area contributed by atoms with Crippen molar-refractivity contribution in [2.75, 3.05) is 6.61 Å². The molecule has 1 aliphatic heterocycles. The zero-order valence-electron chi connectivity index (χ0n) is 9.87. The Morgan fingerprint density at radius 1 is 1.32 bits per heavy atom. The number of benzene rings is 1. The molecule has 2 nitrogen and oxygen atoms in total. The van der Waals surface area contributed by atoms with E-state index in [-0.39, 0.29) is 5.82 Å². The maximum Gasteiger partial charge on any atom is 0.132 e. The summed E-state index contributed by atoms with van der Waals surface area (Å²) in [5.74, 6) is -0.356. The maximum atomic E-state index is 14.0. The number of ether oxygens (including phenoxy) is 1. The van der Waals surface area contributed by atoms with E-state index in [4.69, 9.17) is 27.9 Å². The van der Waals surface area contributed by atoms with Crippen LogP contribution >= 0.6 is 23.2 Å².